The van der Waals surface area contributed by atoms with Crippen LogP contribution in [0.5, 0.6) is 0 Å². The fourth-order valence-electron chi connectivity index (χ4n) is 4.28. The van der Waals surface area contributed by atoms with Gasteiger partial charge in [0.25, 0.3) is 0 Å². The van der Waals surface area contributed by atoms with Crippen LogP contribution < -0.4 is 4.90 Å². The Morgan fingerprint density at radius 2 is 1.64 bits per heavy atom. The lowest BCUT2D eigenvalue weighted by atomic mass is 9.61. The first-order chi connectivity index (χ1) is 12.2. The molecule has 1 atom stereocenters. The smallest absolute Gasteiger partial charge is 0.236 e. The predicted octanol–water partition coefficient (Wildman–Crippen LogP) is 5.83. The molecule has 1 unspecified atom stereocenters. The van der Waals surface area contributed by atoms with Gasteiger partial charge >= 0.3 is 0 Å². The zero-order valence-electron chi connectivity index (χ0n) is 14.2. The number of hydrogen-bond donors (Lipinski definition) is 0. The zero-order valence-corrected chi connectivity index (χ0v) is 15.8. The van der Waals surface area contributed by atoms with Crippen molar-refractivity contribution >= 4 is 33.6 Å². The van der Waals surface area contributed by atoms with Gasteiger partial charge in [-0.25, -0.2) is 0 Å². The second-order valence-electron chi connectivity index (χ2n) is 7.08. The Morgan fingerprint density at radius 1 is 0.960 bits per heavy atom. The molecule has 0 radical (unpaired) electrons. The van der Waals surface area contributed by atoms with Crippen LogP contribution in [0.3, 0.4) is 0 Å². The van der Waals surface area contributed by atoms with Crippen LogP contribution in [0.2, 0.25) is 0 Å². The molecule has 2 fully saturated rings. The number of β-lactam (4-membered cyclic amide) rings is 1. The standard InChI is InChI=1S/C22H22BrNO/c23-18-10-12-19(13-11-18)24-20(14-9-17-7-3-1-4-8-17)22(21(24)25)15-5-2-6-16-22/h1,3-4,7-14,20H,2,5-6,15-16H2. The molecule has 1 aliphatic carbocycles. The number of halogens is 1. The van der Waals surface area contributed by atoms with Crippen molar-refractivity contribution in [2.24, 2.45) is 5.41 Å². The normalized spacial score (nSPS) is 22.4. The van der Waals surface area contributed by atoms with E-state index in [-0.39, 0.29) is 11.5 Å². The van der Waals surface area contributed by atoms with Crippen LogP contribution in [0.1, 0.15) is 37.7 Å². The highest BCUT2D eigenvalue weighted by atomic mass is 79.9. The zero-order chi connectivity index (χ0) is 17.3. The summed E-state index contributed by atoms with van der Waals surface area (Å²) < 4.78 is 1.04. The molecule has 2 aliphatic rings. The molecule has 1 heterocycles. The minimum Gasteiger partial charge on any atom is -0.304 e. The molecule has 1 spiro atoms. The average molecular weight is 396 g/mol. The van der Waals surface area contributed by atoms with Gasteiger partial charge in [0.1, 0.15) is 0 Å². The van der Waals surface area contributed by atoms with Crippen molar-refractivity contribution in [2.75, 3.05) is 4.90 Å². The van der Waals surface area contributed by atoms with Crippen LogP contribution in [0.15, 0.2) is 65.1 Å². The molecule has 2 nitrogen and oxygen atoms in total. The number of benzene rings is 2. The largest absolute Gasteiger partial charge is 0.304 e. The van der Waals surface area contributed by atoms with Gasteiger partial charge in [-0.3, -0.25) is 4.79 Å². The molecule has 1 saturated heterocycles. The summed E-state index contributed by atoms with van der Waals surface area (Å²) in [6.07, 6.45) is 10.0. The fourth-order valence-corrected chi connectivity index (χ4v) is 4.55. The summed E-state index contributed by atoms with van der Waals surface area (Å²) in [6.45, 7) is 0. The van der Waals surface area contributed by atoms with Gasteiger partial charge in [0, 0.05) is 10.2 Å². The van der Waals surface area contributed by atoms with Crippen molar-refractivity contribution in [3.8, 4) is 0 Å². The molecular formula is C22H22BrNO. The second-order valence-corrected chi connectivity index (χ2v) is 8.00. The van der Waals surface area contributed by atoms with Crippen molar-refractivity contribution in [3.63, 3.8) is 0 Å². The number of amides is 1. The highest BCUT2D eigenvalue weighted by molar-refractivity contribution is 9.10. The summed E-state index contributed by atoms with van der Waals surface area (Å²) in [4.78, 5) is 15.1. The van der Waals surface area contributed by atoms with E-state index in [1.54, 1.807) is 0 Å². The van der Waals surface area contributed by atoms with Gasteiger partial charge < -0.3 is 4.90 Å². The first-order valence-corrected chi connectivity index (χ1v) is 9.82. The van der Waals surface area contributed by atoms with Crippen molar-refractivity contribution < 1.29 is 4.79 Å². The molecule has 0 aromatic heterocycles. The van der Waals surface area contributed by atoms with Gasteiger partial charge in [-0.05, 0) is 42.7 Å². The van der Waals surface area contributed by atoms with E-state index in [1.807, 2.05) is 35.2 Å². The maximum atomic E-state index is 13.1. The SMILES string of the molecule is O=C1N(c2ccc(Br)cc2)C(C=Cc2ccccc2)C12CCCCC2. The van der Waals surface area contributed by atoms with Crippen molar-refractivity contribution in [2.45, 2.75) is 38.1 Å². The molecule has 0 bridgehead atoms. The molecule has 2 aromatic carbocycles. The van der Waals surface area contributed by atoms with Gasteiger partial charge in [-0.1, -0.05) is 77.7 Å². The molecule has 3 heteroatoms. The molecule has 4 rings (SSSR count). The van der Waals surface area contributed by atoms with Crippen molar-refractivity contribution in [1.82, 2.24) is 0 Å². The van der Waals surface area contributed by atoms with Crippen molar-refractivity contribution in [3.05, 3.63) is 70.7 Å². The lowest BCUT2D eigenvalue weighted by Gasteiger charge is -2.57. The summed E-state index contributed by atoms with van der Waals surface area (Å²) in [5.41, 5.74) is 1.99. The fraction of sp³-hybridized carbons (Fsp3) is 0.318. The van der Waals surface area contributed by atoms with E-state index in [1.165, 1.54) is 12.0 Å². The number of anilines is 1. The number of nitrogens with zero attached hydrogens (tertiary/aromatic N) is 1. The Morgan fingerprint density at radius 3 is 2.32 bits per heavy atom. The topological polar surface area (TPSA) is 20.3 Å². The van der Waals surface area contributed by atoms with E-state index >= 15 is 0 Å². The van der Waals surface area contributed by atoms with Crippen LogP contribution in [-0.4, -0.2) is 11.9 Å². The van der Waals surface area contributed by atoms with Gasteiger partial charge in [0.2, 0.25) is 5.91 Å². The van der Waals surface area contributed by atoms with E-state index in [0.29, 0.717) is 5.91 Å². The van der Waals surface area contributed by atoms with E-state index in [4.69, 9.17) is 0 Å². The monoisotopic (exact) mass is 395 g/mol. The Bertz CT molecular complexity index is 775. The summed E-state index contributed by atoms with van der Waals surface area (Å²) in [7, 11) is 0. The number of hydrogen-bond acceptors (Lipinski definition) is 1. The van der Waals surface area contributed by atoms with Gasteiger partial charge in [0.05, 0.1) is 11.5 Å². The van der Waals surface area contributed by atoms with Crippen LogP contribution in [0.4, 0.5) is 5.69 Å². The number of rotatable bonds is 3. The maximum absolute atomic E-state index is 13.1. The van der Waals surface area contributed by atoms with Crippen molar-refractivity contribution in [1.29, 1.82) is 0 Å². The second kappa shape index (κ2) is 6.80. The Hall–Kier alpha value is -1.87. The van der Waals surface area contributed by atoms with Crippen LogP contribution in [0, 0.1) is 5.41 Å². The number of carbonyl (C=O) groups is 1. The van der Waals surface area contributed by atoms with Crippen LogP contribution in [0.25, 0.3) is 6.08 Å². The van der Waals surface area contributed by atoms with Crippen LogP contribution in [-0.2, 0) is 4.79 Å². The first kappa shape index (κ1) is 16.6. The van der Waals surface area contributed by atoms with E-state index in [0.717, 1.165) is 35.8 Å². The van der Waals surface area contributed by atoms with E-state index in [2.05, 4.69) is 52.3 Å². The predicted molar refractivity (Wildman–Crippen MR) is 106 cm³/mol. The first-order valence-electron chi connectivity index (χ1n) is 9.03. The number of carbonyl (C=O) groups excluding carboxylic acids is 1. The highest BCUT2D eigenvalue weighted by Gasteiger charge is 2.59. The van der Waals surface area contributed by atoms with Gasteiger partial charge in [-0.15, -0.1) is 0 Å². The molecule has 1 saturated carbocycles. The molecule has 25 heavy (non-hydrogen) atoms. The highest BCUT2D eigenvalue weighted by Crippen LogP contribution is 2.52. The average Bonchev–Trinajstić information content (AvgIpc) is 2.67. The molecule has 0 N–H and O–H groups in total. The molecule has 128 valence electrons. The summed E-state index contributed by atoms with van der Waals surface area (Å²) in [6, 6.07) is 18.6. The Balaban J connectivity index is 1.67. The minimum atomic E-state index is -0.184. The summed E-state index contributed by atoms with van der Waals surface area (Å²) >= 11 is 3.48. The third-order valence-corrected chi connectivity index (χ3v) is 6.14. The third-order valence-electron chi connectivity index (χ3n) is 5.61. The Kier molecular flexibility index (Phi) is 4.51. The summed E-state index contributed by atoms with van der Waals surface area (Å²) in [5, 5.41) is 0. The summed E-state index contributed by atoms with van der Waals surface area (Å²) in [5.74, 6) is 0.303. The van der Waals surface area contributed by atoms with E-state index in [9.17, 15) is 4.79 Å². The maximum Gasteiger partial charge on any atom is 0.236 e. The Labute approximate surface area is 157 Å². The lowest BCUT2D eigenvalue weighted by molar-refractivity contribution is -0.140. The van der Waals surface area contributed by atoms with Gasteiger partial charge in [-0.2, -0.15) is 0 Å². The van der Waals surface area contributed by atoms with E-state index < -0.39 is 0 Å². The quantitative estimate of drug-likeness (QED) is 0.598. The molecular weight excluding hydrogens is 374 g/mol. The van der Waals surface area contributed by atoms with Gasteiger partial charge in [0.15, 0.2) is 0 Å². The molecule has 1 amide bonds. The minimum absolute atomic E-state index is 0.154. The molecule has 1 aliphatic heterocycles. The van der Waals surface area contributed by atoms with Crippen LogP contribution >= 0.6 is 15.9 Å². The third kappa shape index (κ3) is 2.95. The molecule has 2 aromatic rings. The lowest BCUT2D eigenvalue weighted by Crippen LogP contribution is -2.69.